The topological polar surface area (TPSA) is 55.2 Å². The third-order valence-corrected chi connectivity index (χ3v) is 8.04. The lowest BCUT2D eigenvalue weighted by molar-refractivity contribution is -0.146. The lowest BCUT2D eigenvalue weighted by Gasteiger charge is -2.44. The number of ether oxygens (including phenoxy) is 1. The molecule has 2 aromatic rings. The van der Waals surface area contributed by atoms with Crippen LogP contribution in [0, 0.1) is 5.41 Å². The van der Waals surface area contributed by atoms with Gasteiger partial charge >= 0.3 is 6.18 Å². The first kappa shape index (κ1) is 25.5. The molecule has 9 heteroatoms. The highest BCUT2D eigenvalue weighted by Gasteiger charge is 2.57. The van der Waals surface area contributed by atoms with Crippen LogP contribution in [-0.2, 0) is 29.5 Å². The van der Waals surface area contributed by atoms with Crippen molar-refractivity contribution in [1.29, 1.82) is 0 Å². The molecule has 5 rings (SSSR count). The van der Waals surface area contributed by atoms with Gasteiger partial charge in [0, 0.05) is 40.8 Å². The second-order valence-electron chi connectivity index (χ2n) is 11.7. The van der Waals surface area contributed by atoms with Crippen molar-refractivity contribution in [3.63, 3.8) is 0 Å². The van der Waals surface area contributed by atoms with Crippen LogP contribution >= 0.6 is 0 Å². The van der Waals surface area contributed by atoms with Gasteiger partial charge in [-0.3, -0.25) is 9.97 Å². The smallest absolute Gasteiger partial charge is 0.388 e. The van der Waals surface area contributed by atoms with E-state index in [1.54, 1.807) is 0 Å². The van der Waals surface area contributed by atoms with Crippen LogP contribution in [0.4, 0.5) is 22.0 Å². The van der Waals surface area contributed by atoms with Gasteiger partial charge < -0.3 is 9.84 Å². The van der Waals surface area contributed by atoms with Gasteiger partial charge in [-0.15, -0.1) is 0 Å². The lowest BCUT2D eigenvalue weighted by Crippen LogP contribution is -2.43. The van der Waals surface area contributed by atoms with E-state index in [1.807, 2.05) is 13.8 Å². The van der Waals surface area contributed by atoms with Crippen LogP contribution in [0.25, 0.3) is 0 Å². The van der Waals surface area contributed by atoms with Crippen molar-refractivity contribution in [3.05, 3.63) is 57.7 Å². The van der Waals surface area contributed by atoms with Crippen molar-refractivity contribution in [2.75, 3.05) is 0 Å². The molecule has 1 saturated carbocycles. The summed E-state index contributed by atoms with van der Waals surface area (Å²) in [5.74, 6) is -4.50. The largest absolute Gasteiger partial charge is 0.417 e. The standard InChI is InChI=1S/C27H31F5N2O2/c1-14(2)23-16-13-36-25(22(16)21-19(34-23)10-24(3,4)11-20(21)35)7-8-26(28,29)17(9-25)18-6-5-15(12-33-18)27(30,31)32/h5-6,12,14,17,20,35H,7-11,13H2,1-4H3/t17?,20-,25?/m0/s1. The molecule has 2 aliphatic carbocycles. The Balaban J connectivity index is 1.62. The summed E-state index contributed by atoms with van der Waals surface area (Å²) in [7, 11) is 0. The molecule has 0 amide bonds. The predicted molar refractivity (Wildman–Crippen MR) is 123 cm³/mol. The number of nitrogens with zero attached hydrogens (tertiary/aromatic N) is 2. The van der Waals surface area contributed by atoms with Gasteiger partial charge in [0.15, 0.2) is 0 Å². The quantitative estimate of drug-likeness (QED) is 0.444. The maximum Gasteiger partial charge on any atom is 0.417 e. The van der Waals surface area contributed by atoms with Crippen molar-refractivity contribution >= 4 is 0 Å². The number of alkyl halides is 5. The van der Waals surface area contributed by atoms with E-state index < -0.39 is 41.7 Å². The molecule has 0 aromatic carbocycles. The highest BCUT2D eigenvalue weighted by molar-refractivity contribution is 5.50. The van der Waals surface area contributed by atoms with Gasteiger partial charge in [-0.05, 0) is 54.7 Å². The van der Waals surface area contributed by atoms with Crippen molar-refractivity contribution in [3.8, 4) is 0 Å². The molecular formula is C27H31F5N2O2. The van der Waals surface area contributed by atoms with E-state index in [0.29, 0.717) is 24.6 Å². The Labute approximate surface area is 207 Å². The molecule has 0 radical (unpaired) electrons. The monoisotopic (exact) mass is 510 g/mol. The van der Waals surface area contributed by atoms with Gasteiger partial charge in [-0.25, -0.2) is 8.78 Å². The zero-order chi connectivity index (χ0) is 26.3. The van der Waals surface area contributed by atoms with E-state index in [2.05, 4.69) is 18.8 Å². The molecule has 1 fully saturated rings. The summed E-state index contributed by atoms with van der Waals surface area (Å²) in [6.07, 6.45) is -4.18. The summed E-state index contributed by atoms with van der Waals surface area (Å²) in [5, 5.41) is 11.2. The van der Waals surface area contributed by atoms with E-state index >= 15 is 8.78 Å². The molecule has 0 saturated heterocycles. The Kier molecular flexibility index (Phi) is 5.80. The molecule has 1 N–H and O–H groups in total. The summed E-state index contributed by atoms with van der Waals surface area (Å²) in [5.41, 5.74) is 1.65. The van der Waals surface area contributed by atoms with Gasteiger partial charge in [-0.1, -0.05) is 27.7 Å². The fourth-order valence-corrected chi connectivity index (χ4v) is 6.36. The van der Waals surface area contributed by atoms with Gasteiger partial charge in [0.05, 0.1) is 29.8 Å². The van der Waals surface area contributed by atoms with Crippen LogP contribution in [0.3, 0.4) is 0 Å². The third-order valence-electron chi connectivity index (χ3n) is 8.04. The minimum absolute atomic E-state index is 0.0498. The Morgan fingerprint density at radius 1 is 1.11 bits per heavy atom. The number of aromatic nitrogens is 2. The van der Waals surface area contributed by atoms with E-state index in [-0.39, 0.29) is 36.5 Å². The Hall–Kier alpha value is -2.13. The molecule has 196 valence electrons. The number of aliphatic hydroxyl groups excluding tert-OH is 1. The molecular weight excluding hydrogens is 479 g/mol. The summed E-state index contributed by atoms with van der Waals surface area (Å²) in [4.78, 5) is 8.76. The fourth-order valence-electron chi connectivity index (χ4n) is 6.36. The second kappa shape index (κ2) is 8.18. The number of aliphatic hydroxyl groups is 1. The molecule has 3 aliphatic rings. The van der Waals surface area contributed by atoms with Crippen LogP contribution < -0.4 is 0 Å². The highest BCUT2D eigenvalue weighted by atomic mass is 19.4. The molecule has 36 heavy (non-hydrogen) atoms. The van der Waals surface area contributed by atoms with E-state index in [9.17, 15) is 18.3 Å². The number of rotatable bonds is 2. The molecule has 0 bridgehead atoms. The van der Waals surface area contributed by atoms with Gasteiger partial charge in [0.25, 0.3) is 5.92 Å². The minimum atomic E-state index is -4.60. The summed E-state index contributed by atoms with van der Waals surface area (Å²) in [6, 6.07) is 1.85. The normalized spacial score (nSPS) is 28.9. The van der Waals surface area contributed by atoms with Crippen molar-refractivity contribution in [1.82, 2.24) is 9.97 Å². The van der Waals surface area contributed by atoms with Crippen LogP contribution in [0.1, 0.15) is 111 Å². The fraction of sp³-hybridized carbons (Fsp3) is 0.630. The van der Waals surface area contributed by atoms with Gasteiger partial charge in [0.2, 0.25) is 0 Å². The van der Waals surface area contributed by atoms with Crippen LogP contribution in [-0.4, -0.2) is 21.0 Å². The van der Waals surface area contributed by atoms with Crippen LogP contribution in [0.15, 0.2) is 18.3 Å². The van der Waals surface area contributed by atoms with Crippen molar-refractivity contribution in [2.24, 2.45) is 5.41 Å². The molecule has 4 nitrogen and oxygen atoms in total. The van der Waals surface area contributed by atoms with Crippen LogP contribution in [0.2, 0.25) is 0 Å². The summed E-state index contributed by atoms with van der Waals surface area (Å²) >= 11 is 0. The Morgan fingerprint density at radius 3 is 2.44 bits per heavy atom. The Bertz CT molecular complexity index is 1180. The molecule has 1 aliphatic heterocycles. The summed E-state index contributed by atoms with van der Waals surface area (Å²) in [6.45, 7) is 8.40. The van der Waals surface area contributed by atoms with E-state index in [1.165, 1.54) is 0 Å². The van der Waals surface area contributed by atoms with Crippen LogP contribution in [0.5, 0.6) is 0 Å². The Morgan fingerprint density at radius 2 is 1.83 bits per heavy atom. The molecule has 2 aromatic heterocycles. The van der Waals surface area contributed by atoms with E-state index in [0.717, 1.165) is 34.6 Å². The second-order valence-corrected chi connectivity index (χ2v) is 11.7. The van der Waals surface area contributed by atoms with Crippen molar-refractivity contribution < 1.29 is 31.8 Å². The van der Waals surface area contributed by atoms with Gasteiger partial charge in [0.1, 0.15) is 0 Å². The molecule has 3 atom stereocenters. The first-order valence-corrected chi connectivity index (χ1v) is 12.4. The minimum Gasteiger partial charge on any atom is -0.388 e. The molecule has 2 unspecified atom stereocenters. The average molecular weight is 511 g/mol. The number of hydrogen-bond donors (Lipinski definition) is 1. The third kappa shape index (κ3) is 4.12. The lowest BCUT2D eigenvalue weighted by atomic mass is 9.66. The number of halogens is 5. The zero-order valence-corrected chi connectivity index (χ0v) is 20.8. The number of fused-ring (bicyclic) bond motifs is 4. The summed E-state index contributed by atoms with van der Waals surface area (Å²) < 4.78 is 75.9. The number of pyridine rings is 2. The number of hydrogen-bond acceptors (Lipinski definition) is 4. The average Bonchev–Trinajstić information content (AvgIpc) is 3.12. The molecule has 1 spiro atoms. The van der Waals surface area contributed by atoms with E-state index in [4.69, 9.17) is 9.72 Å². The predicted octanol–water partition coefficient (Wildman–Crippen LogP) is 6.95. The molecule has 3 heterocycles. The van der Waals surface area contributed by atoms with Crippen molar-refractivity contribution in [2.45, 2.75) is 102 Å². The maximum absolute atomic E-state index is 15.2. The van der Waals surface area contributed by atoms with Gasteiger partial charge in [-0.2, -0.15) is 13.2 Å². The maximum atomic E-state index is 15.2. The first-order chi connectivity index (χ1) is 16.6. The zero-order valence-electron chi connectivity index (χ0n) is 20.8. The first-order valence-electron chi connectivity index (χ1n) is 12.4. The highest BCUT2D eigenvalue weighted by Crippen LogP contribution is 2.59. The SMILES string of the molecule is CC(C)c1nc2c(c3c1COC31CCC(F)(F)C(c3ccc(C(F)(F)F)cn3)C1)[C@@H](O)CC(C)(C)C2.